The van der Waals surface area contributed by atoms with Crippen LogP contribution >= 0.6 is 0 Å². The van der Waals surface area contributed by atoms with E-state index < -0.39 is 0 Å². The third-order valence-electron chi connectivity index (χ3n) is 5.32. The average Bonchev–Trinajstić information content (AvgIpc) is 3.21. The molecule has 3 atom stereocenters. The molecule has 1 aromatic rings. The Bertz CT molecular complexity index is 472. The van der Waals surface area contributed by atoms with E-state index in [0.717, 1.165) is 51.7 Å². The molecule has 0 amide bonds. The predicted octanol–water partition coefficient (Wildman–Crippen LogP) is 0.0841. The number of aromatic nitrogens is 4. The second-order valence-corrected chi connectivity index (χ2v) is 6.49. The number of ether oxygens (including phenoxy) is 2. The highest BCUT2D eigenvalue weighted by atomic mass is 16.5. The summed E-state index contributed by atoms with van der Waals surface area (Å²) in [5.41, 5.74) is -0.0200. The number of hydrogen-bond acceptors (Lipinski definition) is 7. The first-order valence-electron chi connectivity index (χ1n) is 8.50. The van der Waals surface area contributed by atoms with Crippen LogP contribution in [0.2, 0.25) is 0 Å². The van der Waals surface area contributed by atoms with Crippen molar-refractivity contribution in [2.75, 3.05) is 33.4 Å². The van der Waals surface area contributed by atoms with Crippen LogP contribution < -0.4 is 0 Å². The lowest BCUT2D eigenvalue weighted by Gasteiger charge is -2.43. The van der Waals surface area contributed by atoms with Gasteiger partial charge >= 0.3 is 0 Å². The number of aliphatic hydroxyl groups is 1. The SMILES string of the molecule is CO[C@]12CC[C@@H](OCCO)C[C@H]1N(CCCn1cnnn1)CC2. The molecular formula is C15H27N5O3. The van der Waals surface area contributed by atoms with Crippen molar-refractivity contribution in [2.24, 2.45) is 0 Å². The number of aliphatic hydroxyl groups excluding tert-OH is 1. The molecule has 23 heavy (non-hydrogen) atoms. The van der Waals surface area contributed by atoms with Crippen LogP contribution in [0.3, 0.4) is 0 Å². The van der Waals surface area contributed by atoms with Crippen LogP contribution in [0.1, 0.15) is 32.1 Å². The smallest absolute Gasteiger partial charge is 0.138 e. The van der Waals surface area contributed by atoms with Gasteiger partial charge < -0.3 is 14.6 Å². The Morgan fingerprint density at radius 3 is 3.00 bits per heavy atom. The molecule has 0 radical (unpaired) electrons. The van der Waals surface area contributed by atoms with Gasteiger partial charge in [0, 0.05) is 32.8 Å². The second-order valence-electron chi connectivity index (χ2n) is 6.49. The molecule has 2 fully saturated rings. The van der Waals surface area contributed by atoms with Crippen molar-refractivity contribution in [3.05, 3.63) is 6.33 Å². The highest BCUT2D eigenvalue weighted by Gasteiger charge is 2.50. The zero-order chi connectivity index (χ0) is 16.1. The topological polar surface area (TPSA) is 85.5 Å². The normalized spacial score (nSPS) is 31.4. The fourth-order valence-electron chi connectivity index (χ4n) is 4.11. The monoisotopic (exact) mass is 325 g/mol. The van der Waals surface area contributed by atoms with Crippen molar-refractivity contribution in [2.45, 2.75) is 56.4 Å². The molecule has 1 N–H and O–H groups in total. The number of tetrazole rings is 1. The van der Waals surface area contributed by atoms with E-state index >= 15 is 0 Å². The molecular weight excluding hydrogens is 298 g/mol. The molecule has 0 spiro atoms. The summed E-state index contributed by atoms with van der Waals surface area (Å²) in [5, 5.41) is 20.2. The number of methoxy groups -OCH3 is 1. The van der Waals surface area contributed by atoms with Crippen molar-refractivity contribution in [3.63, 3.8) is 0 Å². The molecule has 1 aliphatic carbocycles. The average molecular weight is 325 g/mol. The second kappa shape index (κ2) is 7.65. The molecule has 1 aromatic heterocycles. The molecule has 0 aromatic carbocycles. The highest BCUT2D eigenvalue weighted by molar-refractivity contribution is 5.05. The third kappa shape index (κ3) is 3.71. The largest absolute Gasteiger partial charge is 0.394 e. The van der Waals surface area contributed by atoms with E-state index in [1.807, 2.05) is 7.11 Å². The van der Waals surface area contributed by atoms with Crippen molar-refractivity contribution < 1.29 is 14.6 Å². The quantitative estimate of drug-likeness (QED) is 0.724. The summed E-state index contributed by atoms with van der Waals surface area (Å²) >= 11 is 0. The van der Waals surface area contributed by atoms with Crippen LogP contribution in [0.25, 0.3) is 0 Å². The number of hydrogen-bond donors (Lipinski definition) is 1. The number of fused-ring (bicyclic) bond motifs is 1. The summed E-state index contributed by atoms with van der Waals surface area (Å²) in [6.07, 6.45) is 7.03. The summed E-state index contributed by atoms with van der Waals surface area (Å²) in [6.45, 7) is 3.44. The van der Waals surface area contributed by atoms with E-state index in [0.29, 0.717) is 12.6 Å². The van der Waals surface area contributed by atoms with Gasteiger partial charge in [-0.25, -0.2) is 4.68 Å². The minimum atomic E-state index is -0.0200. The fourth-order valence-corrected chi connectivity index (χ4v) is 4.11. The van der Waals surface area contributed by atoms with Crippen molar-refractivity contribution in [1.29, 1.82) is 0 Å². The van der Waals surface area contributed by atoms with Gasteiger partial charge in [0.1, 0.15) is 6.33 Å². The van der Waals surface area contributed by atoms with Crippen molar-refractivity contribution in [3.8, 4) is 0 Å². The Morgan fingerprint density at radius 1 is 1.35 bits per heavy atom. The molecule has 8 nitrogen and oxygen atoms in total. The van der Waals surface area contributed by atoms with Gasteiger partial charge in [-0.2, -0.15) is 0 Å². The summed E-state index contributed by atoms with van der Waals surface area (Å²) in [4.78, 5) is 2.53. The Kier molecular flexibility index (Phi) is 5.58. The van der Waals surface area contributed by atoms with E-state index in [2.05, 4.69) is 20.4 Å². The lowest BCUT2D eigenvalue weighted by Crippen LogP contribution is -2.52. The first-order chi connectivity index (χ1) is 11.3. The molecule has 2 aliphatic rings. The molecule has 2 heterocycles. The Morgan fingerprint density at radius 2 is 2.26 bits per heavy atom. The maximum absolute atomic E-state index is 8.96. The van der Waals surface area contributed by atoms with Crippen LogP contribution in [0.5, 0.6) is 0 Å². The van der Waals surface area contributed by atoms with Crippen LogP contribution in [-0.2, 0) is 16.0 Å². The molecule has 130 valence electrons. The number of rotatable bonds is 8. The zero-order valence-corrected chi connectivity index (χ0v) is 13.8. The minimum absolute atomic E-state index is 0.0200. The third-order valence-corrected chi connectivity index (χ3v) is 5.32. The lowest BCUT2D eigenvalue weighted by atomic mass is 9.79. The van der Waals surface area contributed by atoms with Crippen LogP contribution in [0, 0.1) is 0 Å². The van der Waals surface area contributed by atoms with Crippen LogP contribution in [-0.4, -0.2) is 81.4 Å². The summed E-state index contributed by atoms with van der Waals surface area (Å²) in [6, 6.07) is 0.402. The molecule has 1 aliphatic heterocycles. The fraction of sp³-hybridized carbons (Fsp3) is 0.933. The van der Waals surface area contributed by atoms with Gasteiger partial charge in [0.15, 0.2) is 0 Å². The lowest BCUT2D eigenvalue weighted by molar-refractivity contribution is -0.103. The van der Waals surface area contributed by atoms with E-state index in [1.165, 1.54) is 0 Å². The Balaban J connectivity index is 1.55. The van der Waals surface area contributed by atoms with Crippen LogP contribution in [0.4, 0.5) is 0 Å². The maximum Gasteiger partial charge on any atom is 0.138 e. The zero-order valence-electron chi connectivity index (χ0n) is 13.8. The molecule has 3 rings (SSSR count). The predicted molar refractivity (Wildman–Crippen MR) is 82.8 cm³/mol. The number of likely N-dealkylation sites (tertiary alicyclic amines) is 1. The molecule has 0 unspecified atom stereocenters. The van der Waals surface area contributed by atoms with Gasteiger partial charge in [-0.05, 0) is 42.5 Å². The molecule has 0 bridgehead atoms. The highest BCUT2D eigenvalue weighted by Crippen LogP contribution is 2.43. The van der Waals surface area contributed by atoms with E-state index in [1.54, 1.807) is 11.0 Å². The summed E-state index contributed by atoms with van der Waals surface area (Å²) in [5.74, 6) is 0. The van der Waals surface area contributed by atoms with E-state index in [9.17, 15) is 0 Å². The van der Waals surface area contributed by atoms with Gasteiger partial charge in [-0.3, -0.25) is 4.90 Å². The number of nitrogens with zero attached hydrogens (tertiary/aromatic N) is 5. The maximum atomic E-state index is 8.96. The molecule has 1 saturated heterocycles. The van der Waals surface area contributed by atoms with Gasteiger partial charge in [-0.1, -0.05) is 0 Å². The van der Waals surface area contributed by atoms with Gasteiger partial charge in [-0.15, -0.1) is 5.10 Å². The van der Waals surface area contributed by atoms with Gasteiger partial charge in [0.2, 0.25) is 0 Å². The van der Waals surface area contributed by atoms with Crippen LogP contribution in [0.15, 0.2) is 6.33 Å². The van der Waals surface area contributed by atoms with Gasteiger partial charge in [0.25, 0.3) is 0 Å². The Labute approximate surface area is 136 Å². The van der Waals surface area contributed by atoms with E-state index in [4.69, 9.17) is 14.6 Å². The standard InChI is InChI=1S/C15H27N5O3/c1-22-15-4-3-13(23-10-9-21)11-14(15)19(8-5-15)6-2-7-20-12-16-17-18-20/h12-14,21H,2-11H2,1H3/t13-,14-,15+/m1/s1. The summed E-state index contributed by atoms with van der Waals surface area (Å²) in [7, 11) is 1.84. The van der Waals surface area contributed by atoms with Crippen molar-refractivity contribution in [1.82, 2.24) is 25.1 Å². The first kappa shape index (κ1) is 16.8. The van der Waals surface area contributed by atoms with Gasteiger partial charge in [0.05, 0.1) is 24.9 Å². The Hall–Kier alpha value is -1.09. The molecule has 8 heteroatoms. The number of aryl methyl sites for hydroxylation is 1. The van der Waals surface area contributed by atoms with Crippen molar-refractivity contribution >= 4 is 0 Å². The van der Waals surface area contributed by atoms with E-state index in [-0.39, 0.29) is 18.3 Å². The first-order valence-corrected chi connectivity index (χ1v) is 8.50. The summed E-state index contributed by atoms with van der Waals surface area (Å²) < 4.78 is 13.5. The minimum Gasteiger partial charge on any atom is -0.394 e. The molecule has 1 saturated carbocycles.